The largest absolute Gasteiger partial charge is 0.382 e. The minimum atomic E-state index is 0.0453. The molecule has 0 bridgehead atoms. The molecular weight excluding hydrogens is 206 g/mol. The van der Waals surface area contributed by atoms with Crippen LogP contribution < -0.4 is 11.5 Å². The van der Waals surface area contributed by atoms with E-state index in [1.807, 2.05) is 0 Å². The topological polar surface area (TPSA) is 107 Å². The normalized spacial score (nSPS) is 15.6. The van der Waals surface area contributed by atoms with Gasteiger partial charge in [0.25, 0.3) is 0 Å². The van der Waals surface area contributed by atoms with E-state index in [0.717, 1.165) is 31.3 Å². The molecule has 1 aromatic heterocycles. The average Bonchev–Trinajstić information content (AvgIpc) is 2.29. The Morgan fingerprint density at radius 3 is 2.69 bits per heavy atom. The summed E-state index contributed by atoms with van der Waals surface area (Å²) in [7, 11) is 0. The van der Waals surface area contributed by atoms with Crippen LogP contribution in [0.3, 0.4) is 0 Å². The molecule has 6 nitrogen and oxygen atoms in total. The van der Waals surface area contributed by atoms with Crippen LogP contribution in [0.5, 0.6) is 0 Å². The van der Waals surface area contributed by atoms with E-state index in [1.54, 1.807) is 0 Å². The molecule has 0 radical (unpaired) electrons. The van der Waals surface area contributed by atoms with Crippen molar-refractivity contribution in [3.63, 3.8) is 0 Å². The van der Waals surface area contributed by atoms with Gasteiger partial charge in [-0.15, -0.1) is 4.91 Å². The summed E-state index contributed by atoms with van der Waals surface area (Å²) in [6.07, 6.45) is 6.15. The third kappa shape index (κ3) is 1.86. The number of hydrogen-bond acceptors (Lipinski definition) is 6. The van der Waals surface area contributed by atoms with Crippen LogP contribution in [-0.4, -0.2) is 9.97 Å². The van der Waals surface area contributed by atoms with E-state index < -0.39 is 0 Å². The van der Waals surface area contributed by atoms with E-state index in [0.29, 0.717) is 5.69 Å². The highest BCUT2D eigenvalue weighted by molar-refractivity contribution is 5.78. The molecule has 0 saturated carbocycles. The van der Waals surface area contributed by atoms with E-state index in [-0.39, 0.29) is 17.5 Å². The summed E-state index contributed by atoms with van der Waals surface area (Å²) in [5, 5.41) is 2.89. The molecule has 0 unspecified atom stereocenters. The van der Waals surface area contributed by atoms with E-state index in [1.165, 1.54) is 0 Å². The third-order valence-corrected chi connectivity index (χ3v) is 2.61. The second-order valence-corrected chi connectivity index (χ2v) is 3.73. The van der Waals surface area contributed by atoms with Crippen molar-refractivity contribution in [2.75, 3.05) is 11.5 Å². The standard InChI is InChI=1S/C10H13N5O/c11-9-8(15-16)7(13-10(12)14-9)6-4-2-1-3-5-6/h4H,1-3,5H2,(H4,11,12,13,14). The van der Waals surface area contributed by atoms with Gasteiger partial charge in [-0.2, -0.15) is 4.98 Å². The van der Waals surface area contributed by atoms with Crippen LogP contribution in [0.1, 0.15) is 31.4 Å². The number of nitrogens with two attached hydrogens (primary N) is 2. The molecule has 0 spiro atoms. The van der Waals surface area contributed by atoms with Gasteiger partial charge in [0.05, 0.1) is 0 Å². The maximum absolute atomic E-state index is 10.7. The molecule has 84 valence electrons. The number of nitroso groups, excluding NO2 is 1. The lowest BCUT2D eigenvalue weighted by Gasteiger charge is -2.13. The minimum absolute atomic E-state index is 0.0453. The van der Waals surface area contributed by atoms with Crippen molar-refractivity contribution in [3.05, 3.63) is 16.7 Å². The summed E-state index contributed by atoms with van der Waals surface area (Å²) in [6.45, 7) is 0. The molecule has 0 saturated heterocycles. The van der Waals surface area contributed by atoms with Gasteiger partial charge in [-0.25, -0.2) is 4.98 Å². The maximum Gasteiger partial charge on any atom is 0.222 e. The number of nitrogen functional groups attached to an aromatic ring is 2. The number of nitrogens with zero attached hydrogens (tertiary/aromatic N) is 3. The Balaban J connectivity index is 2.53. The smallest absolute Gasteiger partial charge is 0.222 e. The first-order valence-corrected chi connectivity index (χ1v) is 5.18. The fraction of sp³-hybridized carbons (Fsp3) is 0.400. The number of anilines is 2. The predicted octanol–water partition coefficient (Wildman–Crippen LogP) is 2.00. The average molecular weight is 219 g/mol. The molecular formula is C10H13N5O. The molecule has 16 heavy (non-hydrogen) atoms. The molecule has 1 aliphatic carbocycles. The second-order valence-electron chi connectivity index (χ2n) is 3.73. The highest BCUT2D eigenvalue weighted by Crippen LogP contribution is 2.34. The number of rotatable bonds is 2. The van der Waals surface area contributed by atoms with Crippen LogP contribution >= 0.6 is 0 Å². The molecule has 1 aliphatic rings. The molecule has 0 atom stereocenters. The number of aromatic nitrogens is 2. The summed E-state index contributed by atoms with van der Waals surface area (Å²) < 4.78 is 0. The van der Waals surface area contributed by atoms with Gasteiger partial charge in [-0.05, 0) is 36.4 Å². The first kappa shape index (κ1) is 10.5. The van der Waals surface area contributed by atoms with E-state index >= 15 is 0 Å². The molecule has 6 heteroatoms. The zero-order valence-corrected chi connectivity index (χ0v) is 8.81. The zero-order chi connectivity index (χ0) is 11.5. The van der Waals surface area contributed by atoms with Crippen molar-refractivity contribution in [3.8, 4) is 0 Å². The van der Waals surface area contributed by atoms with Crippen LogP contribution in [-0.2, 0) is 0 Å². The van der Waals surface area contributed by atoms with Gasteiger partial charge in [0.1, 0.15) is 5.69 Å². The zero-order valence-electron chi connectivity index (χ0n) is 8.81. The summed E-state index contributed by atoms with van der Waals surface area (Å²) >= 11 is 0. The Labute approximate surface area is 92.7 Å². The summed E-state index contributed by atoms with van der Waals surface area (Å²) in [5.41, 5.74) is 12.7. The maximum atomic E-state index is 10.7. The van der Waals surface area contributed by atoms with Gasteiger partial charge in [-0.3, -0.25) is 0 Å². The van der Waals surface area contributed by atoms with Crippen molar-refractivity contribution >= 4 is 23.0 Å². The lowest BCUT2D eigenvalue weighted by Crippen LogP contribution is -2.04. The molecule has 0 aromatic carbocycles. The van der Waals surface area contributed by atoms with E-state index in [4.69, 9.17) is 11.5 Å². The summed E-state index contributed by atoms with van der Waals surface area (Å²) in [6, 6.07) is 0. The fourth-order valence-corrected chi connectivity index (χ4v) is 1.86. The summed E-state index contributed by atoms with van der Waals surface area (Å²) in [4.78, 5) is 18.5. The molecule has 1 heterocycles. The van der Waals surface area contributed by atoms with E-state index in [2.05, 4.69) is 21.2 Å². The van der Waals surface area contributed by atoms with Crippen LogP contribution in [0, 0.1) is 4.91 Å². The third-order valence-electron chi connectivity index (χ3n) is 2.61. The minimum Gasteiger partial charge on any atom is -0.382 e. The van der Waals surface area contributed by atoms with Gasteiger partial charge in [0.2, 0.25) is 5.95 Å². The van der Waals surface area contributed by atoms with Crippen molar-refractivity contribution in [1.29, 1.82) is 0 Å². The quantitative estimate of drug-likeness (QED) is 0.739. The van der Waals surface area contributed by atoms with Gasteiger partial charge < -0.3 is 11.5 Å². The Morgan fingerprint density at radius 2 is 2.06 bits per heavy atom. The van der Waals surface area contributed by atoms with Crippen LogP contribution in [0.2, 0.25) is 0 Å². The predicted molar refractivity (Wildman–Crippen MR) is 62.8 cm³/mol. The Bertz CT molecular complexity index is 455. The van der Waals surface area contributed by atoms with Gasteiger partial charge in [-0.1, -0.05) is 6.08 Å². The number of hydrogen-bond donors (Lipinski definition) is 2. The molecule has 0 aliphatic heterocycles. The van der Waals surface area contributed by atoms with Crippen LogP contribution in [0.4, 0.5) is 17.5 Å². The monoisotopic (exact) mass is 219 g/mol. The molecule has 1 aromatic rings. The number of allylic oxidation sites excluding steroid dienone is 2. The second kappa shape index (κ2) is 4.26. The Hall–Kier alpha value is -1.98. The highest BCUT2D eigenvalue weighted by Gasteiger charge is 2.17. The van der Waals surface area contributed by atoms with Gasteiger partial charge in [0.15, 0.2) is 11.5 Å². The first-order valence-electron chi connectivity index (χ1n) is 5.18. The Kier molecular flexibility index (Phi) is 2.80. The van der Waals surface area contributed by atoms with Crippen molar-refractivity contribution in [1.82, 2.24) is 9.97 Å². The van der Waals surface area contributed by atoms with Crippen molar-refractivity contribution in [2.24, 2.45) is 5.18 Å². The SMILES string of the molecule is Nc1nc(N)c(N=O)c(C2=CCCCC2)n1. The molecule has 2 rings (SSSR count). The van der Waals surface area contributed by atoms with E-state index in [9.17, 15) is 4.91 Å². The van der Waals surface area contributed by atoms with Gasteiger partial charge in [0, 0.05) is 0 Å². The van der Waals surface area contributed by atoms with Crippen molar-refractivity contribution < 1.29 is 0 Å². The highest BCUT2D eigenvalue weighted by atomic mass is 16.3. The lowest BCUT2D eigenvalue weighted by molar-refractivity contribution is 0.740. The van der Waals surface area contributed by atoms with Crippen LogP contribution in [0.25, 0.3) is 5.57 Å². The van der Waals surface area contributed by atoms with Crippen LogP contribution in [0.15, 0.2) is 11.3 Å². The summed E-state index contributed by atoms with van der Waals surface area (Å²) in [5.74, 6) is 0.121. The molecule has 0 amide bonds. The molecule has 4 N–H and O–H groups in total. The lowest BCUT2D eigenvalue weighted by atomic mass is 9.96. The van der Waals surface area contributed by atoms with Gasteiger partial charge >= 0.3 is 0 Å². The first-order chi connectivity index (χ1) is 7.72. The molecule has 0 fully saturated rings. The fourth-order valence-electron chi connectivity index (χ4n) is 1.86. The Morgan fingerprint density at radius 1 is 1.25 bits per heavy atom. The van der Waals surface area contributed by atoms with Crippen molar-refractivity contribution in [2.45, 2.75) is 25.7 Å².